The van der Waals surface area contributed by atoms with Gasteiger partial charge in [-0.05, 0) is 126 Å². The van der Waals surface area contributed by atoms with Crippen LogP contribution in [0.3, 0.4) is 0 Å². The maximum atomic E-state index is 14.1. The smallest absolute Gasteiger partial charge is 0.442 e. The number of thiazole rings is 2. The van der Waals surface area contributed by atoms with Gasteiger partial charge in [0.1, 0.15) is 47.2 Å². The highest BCUT2D eigenvalue weighted by atomic mass is 32.3. The van der Waals surface area contributed by atoms with Gasteiger partial charge >= 0.3 is 22.3 Å². The van der Waals surface area contributed by atoms with Crippen LogP contribution in [-0.2, 0) is 97.4 Å². The molecule has 2 aromatic carbocycles. The number of aryl methyl sites for hydroxylation is 6. The van der Waals surface area contributed by atoms with Gasteiger partial charge in [0.15, 0.2) is 35.8 Å². The number of carbonyl (C=O) groups excluding carboxylic acids is 4. The third kappa shape index (κ3) is 13.5. The van der Waals surface area contributed by atoms with E-state index in [9.17, 15) is 47.4 Å². The number of ether oxygens (including phenoxy) is 2. The number of carboxylic acids is 2. The first-order valence-electron chi connectivity index (χ1n) is 28.6. The molecule has 4 aromatic heterocycles. The van der Waals surface area contributed by atoms with Crippen LogP contribution in [0.2, 0.25) is 0 Å². The van der Waals surface area contributed by atoms with Crippen molar-refractivity contribution in [2.24, 2.45) is 35.9 Å². The van der Waals surface area contributed by atoms with Crippen molar-refractivity contribution in [3.05, 3.63) is 94.5 Å². The zero-order valence-corrected chi connectivity index (χ0v) is 52.5. The number of oxime groups is 2. The lowest BCUT2D eigenvalue weighted by Crippen LogP contribution is -2.78. The van der Waals surface area contributed by atoms with Gasteiger partial charge < -0.3 is 62.9 Å². The average molecular weight is 1320 g/mol. The van der Waals surface area contributed by atoms with Crippen LogP contribution >= 0.6 is 22.7 Å². The van der Waals surface area contributed by atoms with E-state index in [1.54, 1.807) is 12.1 Å². The van der Waals surface area contributed by atoms with Crippen molar-refractivity contribution >= 4 is 90.3 Å². The van der Waals surface area contributed by atoms with Gasteiger partial charge in [0.05, 0.1) is 47.7 Å². The van der Waals surface area contributed by atoms with Crippen LogP contribution in [0.15, 0.2) is 82.3 Å². The number of hydroxylamine groups is 4. The van der Waals surface area contributed by atoms with E-state index in [2.05, 4.69) is 30.9 Å². The van der Waals surface area contributed by atoms with Gasteiger partial charge in [-0.1, -0.05) is 22.4 Å². The summed E-state index contributed by atoms with van der Waals surface area (Å²) in [5, 5.41) is 36.9. The molecule has 8 heterocycles. The maximum Gasteiger partial charge on any atom is 0.442 e. The lowest BCUT2D eigenvalue weighted by molar-refractivity contribution is -0.753. The van der Waals surface area contributed by atoms with E-state index in [0.29, 0.717) is 47.6 Å². The summed E-state index contributed by atoms with van der Waals surface area (Å²) in [6, 6.07) is 8.06. The number of nitrogens with two attached hydrogens (primary N) is 4. The van der Waals surface area contributed by atoms with Crippen LogP contribution < -0.4 is 52.4 Å². The molecule has 91 heavy (non-hydrogen) atoms. The molecule has 0 bridgehead atoms. The Morgan fingerprint density at radius 3 is 1.43 bits per heavy atom. The monoisotopic (exact) mass is 1320 g/mol. The second-order valence-corrected chi connectivity index (χ2v) is 25.8. The summed E-state index contributed by atoms with van der Waals surface area (Å²) >= 11 is 1.84. The number of nitrogens with zero attached hydrogens (tertiary/aromatic N) is 10. The summed E-state index contributed by atoms with van der Waals surface area (Å²) in [6.07, 6.45) is 5.14. The minimum atomic E-state index is -5.37. The molecule has 2 saturated heterocycles. The molecule has 6 atom stereocenters. The van der Waals surface area contributed by atoms with E-state index in [4.69, 9.17) is 50.7 Å². The number of hydrogen-bond donors (Lipinski definition) is 8. The van der Waals surface area contributed by atoms with Crippen LogP contribution in [0.5, 0.6) is 11.5 Å². The number of β-lactam (4-membered cyclic amide) rings is 2. The highest BCUT2D eigenvalue weighted by Crippen LogP contribution is 2.39. The number of fused-ring (bicyclic) bond motifs is 2. The molecule has 32 nitrogen and oxygen atoms in total. The van der Waals surface area contributed by atoms with Crippen LogP contribution in [0.1, 0.15) is 75.9 Å². The normalized spacial score (nSPS) is 20.0. The molecule has 35 heteroatoms. The number of carboxylic acid groups (broad SMARTS) is 2. The molecule has 4 aliphatic rings. The van der Waals surface area contributed by atoms with Gasteiger partial charge in [0, 0.05) is 10.8 Å². The van der Waals surface area contributed by atoms with E-state index >= 15 is 0 Å². The van der Waals surface area contributed by atoms with Crippen molar-refractivity contribution in [1.29, 1.82) is 0 Å². The summed E-state index contributed by atoms with van der Waals surface area (Å²) < 4.78 is 57.5. The second kappa shape index (κ2) is 26.0. The van der Waals surface area contributed by atoms with E-state index in [1.807, 2.05) is 81.9 Å². The molecule has 0 spiro atoms. The molecule has 6 aromatic rings. The molecule has 484 valence electrons. The summed E-state index contributed by atoms with van der Waals surface area (Å²) in [5.74, 6) is -6.53. The first-order valence-corrected chi connectivity index (χ1v) is 31.7. The van der Waals surface area contributed by atoms with Crippen LogP contribution in [-0.4, -0.2) is 156 Å². The Balaban J connectivity index is 0.758. The molecule has 0 radical (unpaired) electrons. The number of nitrogens with one attached hydrogen (secondary N) is 2. The van der Waals surface area contributed by atoms with E-state index in [0.717, 1.165) is 82.0 Å². The maximum absolute atomic E-state index is 14.1. The Kier molecular flexibility index (Phi) is 18.5. The van der Waals surface area contributed by atoms with Gasteiger partial charge in [0.2, 0.25) is 12.4 Å². The molecule has 4 aliphatic heterocycles. The molecule has 4 amide bonds. The molecular formula is C56H68N16O16S3+2. The number of aromatic nitrogens is 6. The van der Waals surface area contributed by atoms with Crippen molar-refractivity contribution in [1.82, 2.24) is 40.1 Å². The van der Waals surface area contributed by atoms with Crippen LogP contribution in [0.4, 0.5) is 10.3 Å². The van der Waals surface area contributed by atoms with E-state index in [-0.39, 0.29) is 34.5 Å². The lowest BCUT2D eigenvalue weighted by Gasteiger charge is -2.52. The average Bonchev–Trinajstić information content (AvgIpc) is 0.946. The van der Waals surface area contributed by atoms with Gasteiger partial charge in [-0.2, -0.15) is 27.9 Å². The Labute approximate surface area is 528 Å². The number of carbonyl (C=O) groups is 6. The van der Waals surface area contributed by atoms with Crippen molar-refractivity contribution < 1.29 is 84.5 Å². The van der Waals surface area contributed by atoms with Crippen molar-refractivity contribution in [2.75, 3.05) is 24.6 Å². The number of amides is 4. The highest BCUT2D eigenvalue weighted by molar-refractivity contribution is 7.81. The number of benzene rings is 2. The second-order valence-electron chi connectivity index (χ2n) is 22.9. The summed E-state index contributed by atoms with van der Waals surface area (Å²) in [7, 11) is -1.51. The number of hydrogen-bond acceptors (Lipinski definition) is 24. The third-order valence-corrected chi connectivity index (χ3v) is 17.8. The number of rotatable bonds is 26. The predicted molar refractivity (Wildman–Crippen MR) is 323 cm³/mol. The topological polar surface area (TPSA) is 435 Å². The van der Waals surface area contributed by atoms with Gasteiger partial charge in [0.25, 0.3) is 35.8 Å². The zero-order chi connectivity index (χ0) is 65.4. The molecule has 12 N–H and O–H groups in total. The number of aliphatic carboxylic acids is 2. The van der Waals surface area contributed by atoms with E-state index < -0.39 is 105 Å². The van der Waals surface area contributed by atoms with Gasteiger partial charge in [-0.15, -0.1) is 40.6 Å². The standard InChI is InChI=1S/C56H66N16O16S3/c1-55(2)45(63-47(73)41(35-27-89-53(59)61-35)65-85-43(51(77)78)39-15-11-31-21-29(9-13-37(31)83-39)33-23-67(5)69(25-33)19-7-17-57)49(75)71(55)87-91(81,82)88-72-50(76)46(56(72,3)4)64-48(74)42(36-28-90-54(60)62-36)66-86-44(52(79)80)40-16-12-32-22-30(10-14-38(32)84-40)34-24-68(6)70(26-34)20-8-18-58/h9-10,13-14,21-28,39-40,43-46H,7-8,11-12,15-20,57-58H2,1-6H3,(H6-2,59,60,61,62,63,64,73,74,77,78,79,80)/p+2/b65-41-,66-42-/t39-,40-,43-,44-,45+,46+/m0/s1. The Hall–Kier alpha value is -9.13. The molecule has 0 saturated carbocycles. The first kappa shape index (κ1) is 64.8. The lowest BCUT2D eigenvalue weighted by atomic mass is 9.84. The van der Waals surface area contributed by atoms with E-state index in [1.165, 1.54) is 38.5 Å². The molecule has 0 aliphatic carbocycles. The van der Waals surface area contributed by atoms with Crippen LogP contribution in [0.25, 0.3) is 22.3 Å². The fourth-order valence-corrected chi connectivity index (χ4v) is 12.8. The number of nitrogen functional groups attached to an aromatic ring is 2. The Bertz CT molecular complexity index is 3760. The van der Waals surface area contributed by atoms with Gasteiger partial charge in [-0.25, -0.2) is 19.6 Å². The molecule has 0 unspecified atom stereocenters. The molecule has 10 rings (SSSR count). The van der Waals surface area contributed by atoms with Crippen molar-refractivity contribution in [3.8, 4) is 33.8 Å². The van der Waals surface area contributed by atoms with Crippen molar-refractivity contribution in [3.63, 3.8) is 0 Å². The third-order valence-electron chi connectivity index (χ3n) is 15.8. The first-order chi connectivity index (χ1) is 43.2. The van der Waals surface area contributed by atoms with Crippen molar-refractivity contribution in [2.45, 2.75) is 127 Å². The predicted octanol–water partition coefficient (Wildman–Crippen LogP) is 0.202. The minimum Gasteiger partial charge on any atom is -0.485 e. The quantitative estimate of drug-likeness (QED) is 0.0156. The Morgan fingerprint density at radius 1 is 0.692 bits per heavy atom. The Morgan fingerprint density at radius 2 is 1.09 bits per heavy atom. The SMILES string of the molecule is C[n+]1cc(-c2ccc3c(c2)CC[C@@H]([C@H](O/N=C(\C(=O)N[C@@H]2C(=O)N(OS(=O)(=O)ON4C(=O)[C@@H](NC(=O)/C(=N\O[C@H](C(=O)O)[C@@H]5CCc6cc(-c7cn(CCCN)[n+](C)c7)ccc6O5)c5csc(N)n5)C4(C)C)C2(C)C)c2csc(N)n2)C(=O)O)O3)cn1CCCN. The van der Waals surface area contributed by atoms with Gasteiger partial charge in [-0.3, -0.25) is 19.2 Å². The number of anilines is 2. The van der Waals surface area contributed by atoms with Crippen LogP contribution in [0, 0.1) is 0 Å². The fraction of sp³-hybridized carbons (Fsp3) is 0.429. The minimum absolute atomic E-state index is 0.000289. The highest BCUT2D eigenvalue weighted by Gasteiger charge is 2.61. The molecule has 2 fully saturated rings. The molecular weight excluding hydrogens is 1250 g/mol. The summed E-state index contributed by atoms with van der Waals surface area (Å²) in [6.45, 7) is 7.89. The largest absolute Gasteiger partial charge is 0.485 e. The zero-order valence-electron chi connectivity index (χ0n) is 50.1. The fourth-order valence-electron chi connectivity index (χ4n) is 10.8. The summed E-state index contributed by atoms with van der Waals surface area (Å²) in [4.78, 5) is 100. The summed E-state index contributed by atoms with van der Waals surface area (Å²) in [5.41, 5.74) is 23.8.